The smallest absolute Gasteiger partial charge is 0.143 e. The van der Waals surface area contributed by atoms with Crippen LogP contribution >= 0.6 is 0 Å². The van der Waals surface area contributed by atoms with Crippen LogP contribution in [0, 0.1) is 5.92 Å². The molecular weight excluding hydrogens is 162 g/mol. The molecule has 0 atom stereocenters. The Morgan fingerprint density at radius 3 is 2.62 bits per heavy atom. The molecule has 0 spiro atoms. The van der Waals surface area contributed by atoms with Crippen molar-refractivity contribution >= 4 is 5.78 Å². The summed E-state index contributed by atoms with van der Waals surface area (Å²) in [5.41, 5.74) is 0. The molecule has 1 fully saturated rings. The fourth-order valence-electron chi connectivity index (χ4n) is 1.99. The highest BCUT2D eigenvalue weighted by molar-refractivity contribution is 5.77. The van der Waals surface area contributed by atoms with Crippen molar-refractivity contribution in [3.05, 3.63) is 0 Å². The van der Waals surface area contributed by atoms with Crippen molar-refractivity contribution in [3.63, 3.8) is 0 Å². The fraction of sp³-hybridized carbons (Fsp3) is 0.909. The number of Topliss-reactive ketones (excluding diaryl/α,β-unsaturated/α-hetero) is 1. The Morgan fingerprint density at radius 1 is 1.38 bits per heavy atom. The van der Waals surface area contributed by atoms with Gasteiger partial charge in [0.25, 0.3) is 0 Å². The van der Waals surface area contributed by atoms with Gasteiger partial charge in [0.15, 0.2) is 0 Å². The quantitative estimate of drug-likeness (QED) is 0.588. The summed E-state index contributed by atoms with van der Waals surface area (Å²) in [7, 11) is 0. The summed E-state index contributed by atoms with van der Waals surface area (Å²) in [6, 6.07) is 0. The molecule has 76 valence electrons. The summed E-state index contributed by atoms with van der Waals surface area (Å²) in [6.07, 6.45) is 5.41. The average molecular weight is 183 g/mol. The van der Waals surface area contributed by atoms with E-state index in [2.05, 4.69) is 11.8 Å². The molecule has 0 saturated carbocycles. The first kappa shape index (κ1) is 10.7. The number of hydrogen-bond donors (Lipinski definition) is 0. The molecule has 0 aromatic rings. The molecule has 2 nitrogen and oxygen atoms in total. The topological polar surface area (TPSA) is 20.3 Å². The van der Waals surface area contributed by atoms with Gasteiger partial charge in [-0.15, -0.1) is 0 Å². The number of carbonyl (C=O) groups is 1. The number of rotatable bonds is 6. The molecular formula is C11H21NO. The van der Waals surface area contributed by atoms with Crippen LogP contribution < -0.4 is 0 Å². The molecule has 1 aliphatic heterocycles. The molecule has 1 aliphatic rings. The third-order valence-electron chi connectivity index (χ3n) is 2.69. The van der Waals surface area contributed by atoms with Gasteiger partial charge in [0, 0.05) is 13.1 Å². The molecule has 0 aromatic carbocycles. The Bertz CT molecular complexity index is 161. The van der Waals surface area contributed by atoms with Crippen LogP contribution in [0.4, 0.5) is 0 Å². The van der Waals surface area contributed by atoms with Gasteiger partial charge in [-0.2, -0.15) is 0 Å². The van der Waals surface area contributed by atoms with Gasteiger partial charge < -0.3 is 0 Å². The standard InChI is InChI=1S/C11H21NO/c1-3-4-5-6-11-8-12(9-11)7-10(2)13/h11H,3-9H2,1-2H3. The molecule has 13 heavy (non-hydrogen) atoms. The van der Waals surface area contributed by atoms with Crippen LogP contribution in [0.5, 0.6) is 0 Å². The minimum atomic E-state index is 0.298. The van der Waals surface area contributed by atoms with E-state index in [0.717, 1.165) is 19.0 Å². The van der Waals surface area contributed by atoms with Crippen molar-refractivity contribution in [1.29, 1.82) is 0 Å². The molecule has 1 rings (SSSR count). The monoisotopic (exact) mass is 183 g/mol. The molecule has 0 amide bonds. The van der Waals surface area contributed by atoms with Gasteiger partial charge in [0.1, 0.15) is 5.78 Å². The molecule has 1 heterocycles. The first-order chi connectivity index (χ1) is 6.22. The Balaban J connectivity index is 1.95. The summed E-state index contributed by atoms with van der Waals surface area (Å²) >= 11 is 0. The van der Waals surface area contributed by atoms with Gasteiger partial charge in [-0.3, -0.25) is 9.69 Å². The van der Waals surface area contributed by atoms with E-state index in [1.807, 2.05) is 0 Å². The highest BCUT2D eigenvalue weighted by Gasteiger charge is 2.26. The van der Waals surface area contributed by atoms with Crippen LogP contribution in [0.25, 0.3) is 0 Å². The van der Waals surface area contributed by atoms with Crippen LogP contribution in [0.1, 0.15) is 39.5 Å². The lowest BCUT2D eigenvalue weighted by Gasteiger charge is -2.38. The van der Waals surface area contributed by atoms with Crippen molar-refractivity contribution < 1.29 is 4.79 Å². The van der Waals surface area contributed by atoms with Crippen LogP contribution in [0.15, 0.2) is 0 Å². The lowest BCUT2D eigenvalue weighted by atomic mass is 9.93. The minimum Gasteiger partial charge on any atom is -0.299 e. The van der Waals surface area contributed by atoms with Crippen molar-refractivity contribution in [2.45, 2.75) is 39.5 Å². The van der Waals surface area contributed by atoms with Gasteiger partial charge in [-0.25, -0.2) is 0 Å². The fourth-order valence-corrected chi connectivity index (χ4v) is 1.99. The number of nitrogens with zero attached hydrogens (tertiary/aromatic N) is 1. The predicted molar refractivity (Wildman–Crippen MR) is 54.8 cm³/mol. The second-order valence-electron chi connectivity index (χ2n) is 4.26. The van der Waals surface area contributed by atoms with Crippen LogP contribution in [-0.4, -0.2) is 30.3 Å². The summed E-state index contributed by atoms with van der Waals surface area (Å²) in [5.74, 6) is 1.18. The van der Waals surface area contributed by atoms with E-state index >= 15 is 0 Å². The maximum atomic E-state index is 10.8. The number of hydrogen-bond acceptors (Lipinski definition) is 2. The molecule has 2 heteroatoms. The molecule has 0 aromatic heterocycles. The number of carbonyl (C=O) groups excluding carboxylic acids is 1. The first-order valence-electron chi connectivity index (χ1n) is 5.44. The highest BCUT2D eigenvalue weighted by Crippen LogP contribution is 2.21. The lowest BCUT2D eigenvalue weighted by Crippen LogP contribution is -2.48. The van der Waals surface area contributed by atoms with E-state index in [4.69, 9.17) is 0 Å². The van der Waals surface area contributed by atoms with E-state index in [1.165, 1.54) is 25.7 Å². The largest absolute Gasteiger partial charge is 0.299 e. The molecule has 0 radical (unpaired) electrons. The third-order valence-corrected chi connectivity index (χ3v) is 2.69. The average Bonchev–Trinajstić information content (AvgIpc) is 1.99. The van der Waals surface area contributed by atoms with Crippen molar-refractivity contribution in [2.75, 3.05) is 19.6 Å². The van der Waals surface area contributed by atoms with Gasteiger partial charge >= 0.3 is 0 Å². The maximum Gasteiger partial charge on any atom is 0.143 e. The van der Waals surface area contributed by atoms with Crippen molar-refractivity contribution in [3.8, 4) is 0 Å². The summed E-state index contributed by atoms with van der Waals surface area (Å²) < 4.78 is 0. The van der Waals surface area contributed by atoms with E-state index in [1.54, 1.807) is 6.92 Å². The predicted octanol–water partition coefficient (Wildman–Crippen LogP) is 2.09. The number of likely N-dealkylation sites (tertiary alicyclic amines) is 1. The van der Waals surface area contributed by atoms with Gasteiger partial charge in [-0.1, -0.05) is 26.2 Å². The zero-order chi connectivity index (χ0) is 9.68. The molecule has 0 unspecified atom stereocenters. The maximum absolute atomic E-state index is 10.8. The third kappa shape index (κ3) is 3.90. The minimum absolute atomic E-state index is 0.298. The van der Waals surface area contributed by atoms with Crippen LogP contribution in [0.2, 0.25) is 0 Å². The molecule has 0 aliphatic carbocycles. The zero-order valence-electron chi connectivity index (χ0n) is 8.88. The lowest BCUT2D eigenvalue weighted by molar-refractivity contribution is -0.119. The number of ketones is 1. The van der Waals surface area contributed by atoms with E-state index in [0.29, 0.717) is 12.3 Å². The molecule has 1 saturated heterocycles. The summed E-state index contributed by atoms with van der Waals surface area (Å²) in [6.45, 7) is 6.89. The van der Waals surface area contributed by atoms with Gasteiger partial charge in [-0.05, 0) is 19.3 Å². The molecule has 0 bridgehead atoms. The SMILES string of the molecule is CCCCCC1CN(CC(C)=O)C1. The number of unbranched alkanes of at least 4 members (excludes halogenated alkanes) is 2. The zero-order valence-corrected chi connectivity index (χ0v) is 8.88. The Hall–Kier alpha value is -0.370. The van der Waals surface area contributed by atoms with Crippen molar-refractivity contribution in [2.24, 2.45) is 5.92 Å². The summed E-state index contributed by atoms with van der Waals surface area (Å²) in [5, 5.41) is 0. The second-order valence-corrected chi connectivity index (χ2v) is 4.26. The second kappa shape index (κ2) is 5.38. The normalized spacial score (nSPS) is 18.6. The summed E-state index contributed by atoms with van der Waals surface area (Å²) in [4.78, 5) is 13.0. The Labute approximate surface area is 81.3 Å². The van der Waals surface area contributed by atoms with Crippen molar-refractivity contribution in [1.82, 2.24) is 4.90 Å². The Kier molecular flexibility index (Phi) is 4.43. The highest BCUT2D eigenvalue weighted by atomic mass is 16.1. The van der Waals surface area contributed by atoms with Crippen LogP contribution in [-0.2, 0) is 4.79 Å². The first-order valence-corrected chi connectivity index (χ1v) is 5.44. The van der Waals surface area contributed by atoms with E-state index in [9.17, 15) is 4.79 Å². The van der Waals surface area contributed by atoms with Gasteiger partial charge in [0.2, 0.25) is 0 Å². The Morgan fingerprint density at radius 2 is 2.08 bits per heavy atom. The van der Waals surface area contributed by atoms with E-state index in [-0.39, 0.29) is 0 Å². The van der Waals surface area contributed by atoms with Gasteiger partial charge in [0.05, 0.1) is 6.54 Å². The van der Waals surface area contributed by atoms with Crippen LogP contribution in [0.3, 0.4) is 0 Å². The molecule has 0 N–H and O–H groups in total. The van der Waals surface area contributed by atoms with E-state index < -0.39 is 0 Å².